The van der Waals surface area contributed by atoms with Crippen LogP contribution in [0.1, 0.15) is 12.8 Å². The maximum Gasteiger partial charge on any atom is 0.233 e. The summed E-state index contributed by atoms with van der Waals surface area (Å²) in [6, 6.07) is 14.9. The Hall–Kier alpha value is -3.53. The summed E-state index contributed by atoms with van der Waals surface area (Å²) in [5.74, 6) is 2.02. The summed E-state index contributed by atoms with van der Waals surface area (Å²) < 4.78 is 10.7. The van der Waals surface area contributed by atoms with Crippen molar-refractivity contribution in [3.63, 3.8) is 0 Å². The van der Waals surface area contributed by atoms with Crippen LogP contribution < -0.4 is 14.8 Å². The first kappa shape index (κ1) is 23.6. The van der Waals surface area contributed by atoms with Gasteiger partial charge in [0.2, 0.25) is 17.0 Å². The van der Waals surface area contributed by atoms with E-state index in [2.05, 4.69) is 20.5 Å². The number of anilines is 1. The molecule has 2 aromatic carbocycles. The Morgan fingerprint density at radius 2 is 1.88 bits per heavy atom. The molecule has 4 rings (SSSR count). The third kappa shape index (κ3) is 5.69. The zero-order chi connectivity index (χ0) is 23.9. The van der Waals surface area contributed by atoms with Gasteiger partial charge in [0.25, 0.3) is 0 Å². The highest BCUT2D eigenvalue weighted by Gasteiger charge is 2.27. The number of aromatic amines is 1. The van der Waals surface area contributed by atoms with E-state index in [1.807, 2.05) is 42.5 Å². The normalized spacial score (nSPS) is 14.0. The van der Waals surface area contributed by atoms with E-state index in [1.54, 1.807) is 25.2 Å². The Labute approximate surface area is 202 Å². The van der Waals surface area contributed by atoms with Crippen LogP contribution in [0.15, 0.2) is 53.7 Å². The van der Waals surface area contributed by atoms with Gasteiger partial charge in [-0.25, -0.2) is 4.98 Å². The van der Waals surface area contributed by atoms with Gasteiger partial charge in [0, 0.05) is 30.8 Å². The summed E-state index contributed by atoms with van der Waals surface area (Å²) >= 11 is 1.28. The van der Waals surface area contributed by atoms with Crippen LogP contribution in [0.3, 0.4) is 0 Å². The number of aromatic nitrogens is 3. The van der Waals surface area contributed by atoms with Gasteiger partial charge in [-0.15, -0.1) is 5.10 Å². The summed E-state index contributed by atoms with van der Waals surface area (Å²) in [6.45, 7) is 1.13. The van der Waals surface area contributed by atoms with Crippen LogP contribution in [0.5, 0.6) is 11.5 Å². The smallest absolute Gasteiger partial charge is 0.233 e. The van der Waals surface area contributed by atoms with Gasteiger partial charge in [-0.1, -0.05) is 30.0 Å². The maximum atomic E-state index is 12.7. The van der Waals surface area contributed by atoms with Crippen molar-refractivity contribution in [2.45, 2.75) is 18.0 Å². The predicted molar refractivity (Wildman–Crippen MR) is 130 cm³/mol. The lowest BCUT2D eigenvalue weighted by atomic mass is 9.96. The van der Waals surface area contributed by atoms with Crippen molar-refractivity contribution < 1.29 is 19.1 Å². The number of nitrogens with one attached hydrogen (secondary N) is 2. The lowest BCUT2D eigenvalue weighted by Crippen LogP contribution is -2.42. The van der Waals surface area contributed by atoms with E-state index in [1.165, 1.54) is 11.8 Å². The molecule has 0 radical (unpaired) electrons. The molecule has 1 saturated heterocycles. The molecule has 1 aliphatic rings. The second kappa shape index (κ2) is 11.1. The molecule has 1 aliphatic heterocycles. The number of para-hydroxylation sites is 1. The third-order valence-corrected chi connectivity index (χ3v) is 6.55. The van der Waals surface area contributed by atoms with Crippen LogP contribution in [0.4, 0.5) is 5.69 Å². The van der Waals surface area contributed by atoms with Crippen LogP contribution in [0.25, 0.3) is 11.4 Å². The summed E-state index contributed by atoms with van der Waals surface area (Å²) in [5, 5.41) is 10.6. The molecule has 0 aliphatic carbocycles. The predicted octanol–water partition coefficient (Wildman–Crippen LogP) is 3.46. The molecule has 10 heteroatoms. The fourth-order valence-corrected chi connectivity index (χ4v) is 4.50. The summed E-state index contributed by atoms with van der Waals surface area (Å²) in [5.41, 5.74) is 1.55. The number of H-pyrrole nitrogens is 1. The molecule has 1 aromatic heterocycles. The number of carbonyl (C=O) groups is 2. The maximum absolute atomic E-state index is 12.7. The van der Waals surface area contributed by atoms with E-state index in [9.17, 15) is 9.59 Å². The first-order chi connectivity index (χ1) is 16.6. The Morgan fingerprint density at radius 1 is 1.12 bits per heavy atom. The number of rotatable bonds is 8. The lowest BCUT2D eigenvalue weighted by Gasteiger charge is -2.31. The number of carbonyl (C=O) groups excluding carboxylic acids is 2. The van der Waals surface area contributed by atoms with Crippen LogP contribution >= 0.6 is 11.8 Å². The lowest BCUT2D eigenvalue weighted by molar-refractivity contribution is -0.132. The highest BCUT2D eigenvalue weighted by Crippen LogP contribution is 2.32. The second-order valence-electron chi connectivity index (χ2n) is 7.83. The van der Waals surface area contributed by atoms with E-state index in [4.69, 9.17) is 9.47 Å². The second-order valence-corrected chi connectivity index (χ2v) is 8.77. The molecule has 9 nitrogen and oxygen atoms in total. The largest absolute Gasteiger partial charge is 0.497 e. The summed E-state index contributed by atoms with van der Waals surface area (Å²) in [7, 11) is 3.17. The van der Waals surface area contributed by atoms with Gasteiger partial charge in [-0.2, -0.15) is 0 Å². The molecule has 178 valence electrons. The van der Waals surface area contributed by atoms with Crippen molar-refractivity contribution in [3.8, 4) is 22.9 Å². The molecule has 2 amide bonds. The minimum absolute atomic E-state index is 0.00915. The highest BCUT2D eigenvalue weighted by atomic mass is 32.2. The minimum atomic E-state index is -0.0908. The molecule has 0 saturated carbocycles. The molecule has 34 heavy (non-hydrogen) atoms. The standard InChI is InChI=1S/C24H27N5O4S/c1-32-18-8-9-19(20(14-18)33-2)22-26-24(28-27-22)34-15-21(30)29-12-10-16(11-13-29)23(31)25-17-6-4-3-5-7-17/h3-9,14,16H,10-13,15H2,1-2H3,(H,25,31)(H,26,27,28). The van der Waals surface area contributed by atoms with Gasteiger partial charge in [0.05, 0.1) is 25.5 Å². The number of thioether (sulfide) groups is 1. The van der Waals surface area contributed by atoms with Crippen molar-refractivity contribution in [2.24, 2.45) is 5.92 Å². The van der Waals surface area contributed by atoms with E-state index < -0.39 is 0 Å². The van der Waals surface area contributed by atoms with Gasteiger partial charge in [-0.3, -0.25) is 14.7 Å². The number of piperidine rings is 1. The van der Waals surface area contributed by atoms with Crippen molar-refractivity contribution in [2.75, 3.05) is 38.4 Å². The van der Waals surface area contributed by atoms with Gasteiger partial charge in [0.15, 0.2) is 5.82 Å². The fraction of sp³-hybridized carbons (Fsp3) is 0.333. The topological polar surface area (TPSA) is 109 Å². The summed E-state index contributed by atoms with van der Waals surface area (Å²) in [6.07, 6.45) is 1.30. The molecular formula is C24H27N5O4S. The molecule has 0 atom stereocenters. The molecular weight excluding hydrogens is 454 g/mol. The molecule has 2 heterocycles. The Kier molecular flexibility index (Phi) is 7.69. The van der Waals surface area contributed by atoms with Crippen molar-refractivity contribution in [1.29, 1.82) is 0 Å². The van der Waals surface area contributed by atoms with E-state index in [-0.39, 0.29) is 23.5 Å². The minimum Gasteiger partial charge on any atom is -0.497 e. The average molecular weight is 482 g/mol. The van der Waals surface area contributed by atoms with Crippen molar-refractivity contribution in [1.82, 2.24) is 20.1 Å². The van der Waals surface area contributed by atoms with Crippen molar-refractivity contribution in [3.05, 3.63) is 48.5 Å². The molecule has 2 N–H and O–H groups in total. The molecule has 1 fully saturated rings. The monoisotopic (exact) mass is 481 g/mol. The number of likely N-dealkylation sites (tertiary alicyclic amines) is 1. The first-order valence-electron chi connectivity index (χ1n) is 11.0. The number of ether oxygens (including phenoxy) is 2. The number of hydrogen-bond acceptors (Lipinski definition) is 7. The quantitative estimate of drug-likeness (QED) is 0.474. The fourth-order valence-electron chi connectivity index (χ4n) is 3.80. The first-order valence-corrected chi connectivity index (χ1v) is 12.0. The van der Waals surface area contributed by atoms with Crippen molar-refractivity contribution >= 4 is 29.3 Å². The Balaban J connectivity index is 1.27. The number of methoxy groups -OCH3 is 2. The van der Waals surface area contributed by atoms with E-state index >= 15 is 0 Å². The molecule has 0 spiro atoms. The highest BCUT2D eigenvalue weighted by molar-refractivity contribution is 7.99. The Morgan fingerprint density at radius 3 is 2.59 bits per heavy atom. The van der Waals surface area contributed by atoms with Crippen LogP contribution in [-0.2, 0) is 9.59 Å². The average Bonchev–Trinajstić information content (AvgIpc) is 3.36. The van der Waals surface area contributed by atoms with Crippen LogP contribution in [0, 0.1) is 5.92 Å². The SMILES string of the molecule is COc1ccc(-c2nc(SCC(=O)N3CCC(C(=O)Nc4ccccc4)CC3)n[nH]2)c(OC)c1. The third-order valence-electron chi connectivity index (χ3n) is 5.71. The zero-order valence-corrected chi connectivity index (χ0v) is 19.9. The number of nitrogens with zero attached hydrogens (tertiary/aromatic N) is 3. The number of benzene rings is 2. The number of amides is 2. The van der Waals surface area contributed by atoms with Crippen LogP contribution in [-0.4, -0.2) is 65.0 Å². The molecule has 0 bridgehead atoms. The van der Waals surface area contributed by atoms with Gasteiger partial charge in [0.1, 0.15) is 11.5 Å². The molecule has 0 unspecified atom stereocenters. The van der Waals surface area contributed by atoms with E-state index in [0.717, 1.165) is 11.3 Å². The Bertz CT molecular complexity index is 1130. The number of hydrogen-bond donors (Lipinski definition) is 2. The van der Waals surface area contributed by atoms with Crippen LogP contribution in [0.2, 0.25) is 0 Å². The van der Waals surface area contributed by atoms with Gasteiger partial charge >= 0.3 is 0 Å². The van der Waals surface area contributed by atoms with Gasteiger partial charge in [-0.05, 0) is 37.1 Å². The molecule has 3 aromatic rings. The van der Waals surface area contributed by atoms with Gasteiger partial charge < -0.3 is 19.7 Å². The summed E-state index contributed by atoms with van der Waals surface area (Å²) in [4.78, 5) is 31.5. The zero-order valence-electron chi connectivity index (χ0n) is 19.1. The van der Waals surface area contributed by atoms with E-state index in [0.29, 0.717) is 48.4 Å².